The van der Waals surface area contributed by atoms with Crippen LogP contribution in [0.15, 0.2) is 60.7 Å². The molecule has 0 aromatic heterocycles. The summed E-state index contributed by atoms with van der Waals surface area (Å²) in [6.45, 7) is 12.1. The molecule has 1 N–H and O–H groups in total. The number of hydrogen-bond donors (Lipinski definition) is 1. The van der Waals surface area contributed by atoms with Crippen LogP contribution in [-0.2, 0) is 74.3 Å². The third kappa shape index (κ3) is 40.8. The number of benzene rings is 2. The Morgan fingerprint density at radius 1 is 0.434 bits per heavy atom. The second-order valence-corrected chi connectivity index (χ2v) is 24.9. The zero-order valence-electron chi connectivity index (χ0n) is 51.9. The van der Waals surface area contributed by atoms with Crippen molar-refractivity contribution >= 4 is 43.9 Å². The Morgan fingerprint density at radius 3 is 1.08 bits per heavy atom. The molecule has 2 unspecified atom stereocenters. The number of esters is 4. The molecule has 2 aromatic carbocycles. The molecule has 83 heavy (non-hydrogen) atoms. The number of nitrogens with zero attached hydrogens (tertiary/aromatic N) is 2. The first-order chi connectivity index (χ1) is 39.6. The molecule has 2 rings (SSSR count). The molecule has 0 heterocycles. The van der Waals surface area contributed by atoms with Crippen molar-refractivity contribution in [3.8, 4) is 0 Å². The molecular formula is C64H105N2O16P. The summed E-state index contributed by atoms with van der Waals surface area (Å²) in [5.74, 6) is -2.76. The summed E-state index contributed by atoms with van der Waals surface area (Å²) in [5, 5.41) is 0. The van der Waals surface area contributed by atoms with E-state index < -0.39 is 93.7 Å². The van der Waals surface area contributed by atoms with Crippen molar-refractivity contribution in [1.82, 2.24) is 9.80 Å². The molecule has 0 saturated heterocycles. The maximum atomic E-state index is 13.6. The molecule has 0 saturated carbocycles. The van der Waals surface area contributed by atoms with Gasteiger partial charge < -0.3 is 43.1 Å². The first-order valence-electron chi connectivity index (χ1n) is 30.9. The van der Waals surface area contributed by atoms with E-state index in [1.165, 1.54) is 93.3 Å². The van der Waals surface area contributed by atoms with Gasteiger partial charge in [0.15, 0.2) is 12.2 Å². The monoisotopic (exact) mass is 1190 g/mol. The van der Waals surface area contributed by atoms with Crippen LogP contribution < -0.4 is 0 Å². The fraction of sp³-hybridized carbons (Fsp3) is 0.719. The molecule has 472 valence electrons. The van der Waals surface area contributed by atoms with Gasteiger partial charge in [-0.2, -0.15) is 0 Å². The Kier molecular flexibility index (Phi) is 38.9. The van der Waals surface area contributed by atoms with Crippen LogP contribution in [-0.4, -0.2) is 114 Å². The van der Waals surface area contributed by atoms with Gasteiger partial charge in [0.25, 0.3) is 0 Å². The quantitative estimate of drug-likeness (QED) is 0.0282. The number of carbonyl (C=O) groups excluding carboxylic acids is 6. The van der Waals surface area contributed by atoms with Gasteiger partial charge in [-0.1, -0.05) is 203 Å². The smallest absolute Gasteiger partial charge is 0.462 e. The van der Waals surface area contributed by atoms with Gasteiger partial charge in [-0.05, 0) is 65.5 Å². The van der Waals surface area contributed by atoms with E-state index in [-0.39, 0.29) is 51.9 Å². The maximum absolute atomic E-state index is 13.6. The van der Waals surface area contributed by atoms with Gasteiger partial charge in [0.2, 0.25) is 0 Å². The van der Waals surface area contributed by atoms with Gasteiger partial charge in [0, 0.05) is 39.0 Å². The van der Waals surface area contributed by atoms with Crippen LogP contribution in [0.4, 0.5) is 9.59 Å². The van der Waals surface area contributed by atoms with E-state index in [0.717, 1.165) is 56.1 Å². The van der Waals surface area contributed by atoms with Crippen LogP contribution in [0.5, 0.6) is 0 Å². The molecule has 0 radical (unpaired) electrons. The summed E-state index contributed by atoms with van der Waals surface area (Å²) >= 11 is 0. The number of amides is 2. The first kappa shape index (κ1) is 74.1. The Bertz CT molecular complexity index is 2130. The molecule has 0 fully saturated rings. The number of phosphoric acid groups is 1. The maximum Gasteiger partial charge on any atom is 0.472 e. The number of carbonyl (C=O) groups is 6. The summed E-state index contributed by atoms with van der Waals surface area (Å²) in [4.78, 5) is 93.2. The summed E-state index contributed by atoms with van der Waals surface area (Å²) in [6.07, 6.45) is 19.9. The van der Waals surface area contributed by atoms with E-state index in [2.05, 4.69) is 13.8 Å². The second kappa shape index (κ2) is 43.6. The van der Waals surface area contributed by atoms with E-state index in [9.17, 15) is 38.2 Å². The summed E-state index contributed by atoms with van der Waals surface area (Å²) in [5.41, 5.74) is -0.0903. The third-order valence-corrected chi connectivity index (χ3v) is 14.1. The lowest BCUT2D eigenvalue weighted by molar-refractivity contribution is -0.162. The summed E-state index contributed by atoms with van der Waals surface area (Å²) < 4.78 is 57.8. The van der Waals surface area contributed by atoms with Crippen molar-refractivity contribution < 1.29 is 75.7 Å². The fourth-order valence-electron chi connectivity index (χ4n) is 8.68. The molecule has 0 bridgehead atoms. The highest BCUT2D eigenvalue weighted by atomic mass is 31.2. The Balaban J connectivity index is 2.18. The van der Waals surface area contributed by atoms with E-state index in [1.807, 2.05) is 60.7 Å². The van der Waals surface area contributed by atoms with Crippen molar-refractivity contribution in [2.24, 2.45) is 0 Å². The van der Waals surface area contributed by atoms with Gasteiger partial charge in [-0.15, -0.1) is 0 Å². The SMILES string of the molecule is CCCCCCCCCCCCCC(=O)OC[C@H](COP(=O)(O)OCC(COC(=O)CCN(Cc1ccccc1)C(=O)OC(C)(C)C)OC(=O)CCN(Cc1ccccc1)C(=O)OC(C)(C)C)OC(=O)CCCCCCCCCCCCC. The van der Waals surface area contributed by atoms with Crippen LogP contribution in [0.3, 0.4) is 0 Å². The average Bonchev–Trinajstić information content (AvgIpc) is 3.48. The zero-order chi connectivity index (χ0) is 61.2. The van der Waals surface area contributed by atoms with Crippen LogP contribution in [0, 0.1) is 0 Å². The lowest BCUT2D eigenvalue weighted by Crippen LogP contribution is -2.38. The normalized spacial score (nSPS) is 13.0. The molecule has 2 amide bonds. The minimum atomic E-state index is -5.05. The molecule has 0 aliphatic heterocycles. The fourth-order valence-corrected chi connectivity index (χ4v) is 9.46. The molecule has 0 aliphatic carbocycles. The average molecular weight is 1190 g/mol. The Hall–Kier alpha value is -5.03. The van der Waals surface area contributed by atoms with Crippen molar-refractivity contribution in [3.05, 3.63) is 71.8 Å². The van der Waals surface area contributed by atoms with Crippen LogP contribution in [0.1, 0.15) is 233 Å². The minimum absolute atomic E-state index is 0.0904. The molecule has 18 nitrogen and oxygen atoms in total. The van der Waals surface area contributed by atoms with E-state index in [1.54, 1.807) is 41.5 Å². The number of unbranched alkanes of at least 4 members (excludes halogenated alkanes) is 20. The topological polar surface area (TPSA) is 220 Å². The Labute approximate surface area is 497 Å². The minimum Gasteiger partial charge on any atom is -0.462 e. The standard InChI is InChI=1S/C64H105N2O16P/c1-9-11-13-15-17-19-21-23-25-27-35-41-57(67)75-49-55(79-59(69)42-36-28-26-24-22-20-18-16-14-12-10-2)51-77-83(73,74)78-52-56(80-60(70)44-46-66(62(72)82-64(6,7)8)48-54-39-33-30-34-40-54)50-76-58(68)43-45-65(61(71)81-63(3,4)5)47-53-37-31-29-32-38-53/h29-34,37-40,55-56H,9-28,35-36,41-52H2,1-8H3,(H,73,74)/t55-,56?/m1/s1. The highest BCUT2D eigenvalue weighted by molar-refractivity contribution is 7.47. The van der Waals surface area contributed by atoms with Crippen LogP contribution in [0.25, 0.3) is 0 Å². The summed E-state index contributed by atoms with van der Waals surface area (Å²) in [7, 11) is -5.05. The summed E-state index contributed by atoms with van der Waals surface area (Å²) in [6, 6.07) is 18.2. The highest BCUT2D eigenvalue weighted by Crippen LogP contribution is 2.43. The predicted octanol–water partition coefficient (Wildman–Crippen LogP) is 15.1. The van der Waals surface area contributed by atoms with Gasteiger partial charge >= 0.3 is 43.9 Å². The lowest BCUT2D eigenvalue weighted by atomic mass is 10.1. The number of hydrogen-bond acceptors (Lipinski definition) is 15. The predicted molar refractivity (Wildman–Crippen MR) is 321 cm³/mol. The van der Waals surface area contributed by atoms with Gasteiger partial charge in [-0.3, -0.25) is 28.2 Å². The Morgan fingerprint density at radius 2 is 0.735 bits per heavy atom. The molecular weight excluding hydrogens is 1080 g/mol. The van der Waals surface area contributed by atoms with Gasteiger partial charge in [0.05, 0.1) is 26.1 Å². The lowest BCUT2D eigenvalue weighted by Gasteiger charge is -2.28. The number of ether oxygens (including phenoxy) is 6. The van der Waals surface area contributed by atoms with Crippen LogP contribution >= 0.6 is 7.82 Å². The molecule has 0 spiro atoms. The zero-order valence-corrected chi connectivity index (χ0v) is 52.8. The van der Waals surface area contributed by atoms with Crippen molar-refractivity contribution in [1.29, 1.82) is 0 Å². The van der Waals surface area contributed by atoms with Gasteiger partial charge in [-0.25, -0.2) is 14.2 Å². The highest BCUT2D eigenvalue weighted by Gasteiger charge is 2.31. The van der Waals surface area contributed by atoms with Crippen molar-refractivity contribution in [2.75, 3.05) is 39.5 Å². The van der Waals surface area contributed by atoms with Gasteiger partial charge in [0.1, 0.15) is 24.4 Å². The molecule has 3 atom stereocenters. The van der Waals surface area contributed by atoms with Crippen molar-refractivity contribution in [3.63, 3.8) is 0 Å². The van der Waals surface area contributed by atoms with Crippen molar-refractivity contribution in [2.45, 2.75) is 259 Å². The van der Waals surface area contributed by atoms with E-state index in [4.69, 9.17) is 37.5 Å². The second-order valence-electron chi connectivity index (χ2n) is 23.5. The van der Waals surface area contributed by atoms with Crippen LogP contribution in [0.2, 0.25) is 0 Å². The van der Waals surface area contributed by atoms with E-state index in [0.29, 0.717) is 12.8 Å². The first-order valence-corrected chi connectivity index (χ1v) is 32.4. The number of rotatable bonds is 46. The molecule has 0 aliphatic rings. The number of phosphoric ester groups is 1. The molecule has 19 heteroatoms. The van der Waals surface area contributed by atoms with E-state index >= 15 is 0 Å². The molecule has 2 aromatic rings. The largest absolute Gasteiger partial charge is 0.472 e. The third-order valence-electron chi connectivity index (χ3n) is 13.2.